The van der Waals surface area contributed by atoms with Crippen molar-refractivity contribution in [2.24, 2.45) is 11.8 Å². The van der Waals surface area contributed by atoms with E-state index in [0.29, 0.717) is 24.3 Å². The number of carbonyl (C=O) groups is 4. The summed E-state index contributed by atoms with van der Waals surface area (Å²) >= 11 is 0. The van der Waals surface area contributed by atoms with Gasteiger partial charge in [-0.05, 0) is 25.0 Å². The number of nitrogens with one attached hydrogen (secondary N) is 1. The molecule has 1 heterocycles. The summed E-state index contributed by atoms with van der Waals surface area (Å²) in [6.07, 6.45) is 4.74. The van der Waals surface area contributed by atoms with Crippen molar-refractivity contribution in [1.82, 2.24) is 10.2 Å². The Morgan fingerprint density at radius 3 is 2.33 bits per heavy atom. The van der Waals surface area contributed by atoms with Gasteiger partial charge in [-0.1, -0.05) is 24.3 Å². The fourth-order valence-corrected chi connectivity index (χ4v) is 3.49. The molecule has 0 unspecified atom stereocenters. The number of allylic oxidation sites excluding steroid dienone is 2. The normalized spacial score (nSPS) is 20.0. The van der Waals surface area contributed by atoms with Gasteiger partial charge in [0.05, 0.1) is 25.5 Å². The molecule has 1 aromatic rings. The number of ether oxygens (including phenoxy) is 3. The van der Waals surface area contributed by atoms with E-state index in [4.69, 9.17) is 14.2 Å². The molecule has 160 valence electrons. The number of imide groups is 1. The summed E-state index contributed by atoms with van der Waals surface area (Å²) in [6, 6.07) is 7.12. The number of methoxy groups -OCH3 is 1. The molecule has 9 nitrogen and oxygen atoms in total. The van der Waals surface area contributed by atoms with Gasteiger partial charge < -0.3 is 19.5 Å². The minimum Gasteiger partial charge on any atom is -0.493 e. The van der Waals surface area contributed by atoms with Gasteiger partial charge in [-0.15, -0.1) is 0 Å². The molecule has 1 fully saturated rings. The Labute approximate surface area is 174 Å². The van der Waals surface area contributed by atoms with Gasteiger partial charge in [0.25, 0.3) is 5.91 Å². The molecule has 2 atom stereocenters. The lowest BCUT2D eigenvalue weighted by atomic mass is 9.85. The molecule has 1 aliphatic heterocycles. The topological polar surface area (TPSA) is 111 Å². The molecular weight excluding hydrogens is 392 g/mol. The molecule has 0 spiro atoms. The van der Waals surface area contributed by atoms with Crippen molar-refractivity contribution in [2.45, 2.75) is 12.8 Å². The van der Waals surface area contributed by atoms with Crippen molar-refractivity contribution in [1.29, 1.82) is 0 Å². The summed E-state index contributed by atoms with van der Waals surface area (Å²) in [4.78, 5) is 49.4. The Bertz CT molecular complexity index is 826. The van der Waals surface area contributed by atoms with Gasteiger partial charge >= 0.3 is 5.97 Å². The van der Waals surface area contributed by atoms with Crippen molar-refractivity contribution in [2.75, 3.05) is 33.4 Å². The Balaban J connectivity index is 1.35. The third kappa shape index (κ3) is 4.97. The summed E-state index contributed by atoms with van der Waals surface area (Å²) in [5.74, 6) is -1.69. The highest BCUT2D eigenvalue weighted by Gasteiger charge is 2.47. The van der Waals surface area contributed by atoms with Gasteiger partial charge in [-0.2, -0.15) is 0 Å². The van der Waals surface area contributed by atoms with E-state index in [2.05, 4.69) is 5.32 Å². The van der Waals surface area contributed by atoms with Crippen LogP contribution in [0.3, 0.4) is 0 Å². The van der Waals surface area contributed by atoms with Crippen molar-refractivity contribution in [3.63, 3.8) is 0 Å². The number of carbonyl (C=O) groups excluding carboxylic acids is 4. The SMILES string of the molecule is COc1ccccc1OCCNC(=O)COC(=O)CN1C(=O)[C@@H]2CC=CC[C@H]2C1=O. The third-order valence-corrected chi connectivity index (χ3v) is 5.00. The summed E-state index contributed by atoms with van der Waals surface area (Å²) < 4.78 is 15.6. The Kier molecular flexibility index (Phi) is 7.05. The Morgan fingerprint density at radius 2 is 1.70 bits per heavy atom. The first-order valence-corrected chi connectivity index (χ1v) is 9.69. The lowest BCUT2D eigenvalue weighted by Crippen LogP contribution is -2.38. The Morgan fingerprint density at radius 1 is 1.07 bits per heavy atom. The largest absolute Gasteiger partial charge is 0.493 e. The molecule has 2 aliphatic rings. The molecule has 1 aliphatic carbocycles. The number of hydrogen-bond donors (Lipinski definition) is 1. The van der Waals surface area contributed by atoms with Crippen LogP contribution in [-0.4, -0.2) is 62.0 Å². The van der Waals surface area contributed by atoms with Crippen LogP contribution in [0.2, 0.25) is 0 Å². The molecule has 3 rings (SSSR count). The fourth-order valence-electron chi connectivity index (χ4n) is 3.49. The van der Waals surface area contributed by atoms with Crippen LogP contribution < -0.4 is 14.8 Å². The molecular formula is C21H24N2O7. The van der Waals surface area contributed by atoms with Crippen molar-refractivity contribution in [3.8, 4) is 11.5 Å². The predicted molar refractivity (Wildman–Crippen MR) is 105 cm³/mol. The average Bonchev–Trinajstić information content (AvgIpc) is 3.00. The minimum absolute atomic E-state index is 0.202. The highest BCUT2D eigenvalue weighted by atomic mass is 16.5. The van der Waals surface area contributed by atoms with E-state index in [9.17, 15) is 19.2 Å². The van der Waals surface area contributed by atoms with E-state index in [0.717, 1.165) is 4.90 Å². The van der Waals surface area contributed by atoms with Crippen LogP contribution in [0.25, 0.3) is 0 Å². The fraction of sp³-hybridized carbons (Fsp3) is 0.429. The van der Waals surface area contributed by atoms with E-state index < -0.39 is 36.9 Å². The molecule has 1 saturated heterocycles. The van der Waals surface area contributed by atoms with Crippen LogP contribution >= 0.6 is 0 Å². The highest BCUT2D eigenvalue weighted by molar-refractivity contribution is 6.07. The molecule has 0 aromatic heterocycles. The quantitative estimate of drug-likeness (QED) is 0.273. The molecule has 0 radical (unpaired) electrons. The molecule has 30 heavy (non-hydrogen) atoms. The first-order chi connectivity index (χ1) is 14.5. The lowest BCUT2D eigenvalue weighted by Gasteiger charge is -2.14. The minimum atomic E-state index is -0.802. The number of likely N-dealkylation sites (tertiary alicyclic amines) is 1. The number of amides is 3. The van der Waals surface area contributed by atoms with E-state index >= 15 is 0 Å². The smallest absolute Gasteiger partial charge is 0.326 e. The number of rotatable bonds is 9. The van der Waals surface area contributed by atoms with Gasteiger partial charge in [0.15, 0.2) is 18.1 Å². The van der Waals surface area contributed by atoms with Crippen LogP contribution in [0, 0.1) is 11.8 Å². The zero-order valence-corrected chi connectivity index (χ0v) is 16.7. The van der Waals surface area contributed by atoms with Gasteiger partial charge in [-0.25, -0.2) is 0 Å². The standard InChI is InChI=1S/C21H24N2O7/c1-28-16-8-4-5-9-17(16)29-11-10-22-18(24)13-30-19(25)12-23-20(26)14-6-2-3-7-15(14)21(23)27/h2-5,8-9,14-15H,6-7,10-13H2,1H3,(H,22,24)/t14-,15-/m1/s1. The lowest BCUT2D eigenvalue weighted by molar-refractivity contribution is -0.154. The third-order valence-electron chi connectivity index (χ3n) is 5.00. The second-order valence-electron chi connectivity index (χ2n) is 6.93. The summed E-state index contributed by atoms with van der Waals surface area (Å²) in [7, 11) is 1.53. The number of hydrogen-bond acceptors (Lipinski definition) is 7. The predicted octanol–water partition coefficient (Wildman–Crippen LogP) is 0.685. The van der Waals surface area contributed by atoms with E-state index in [1.165, 1.54) is 7.11 Å². The summed E-state index contributed by atoms with van der Waals surface area (Å²) in [6.45, 7) is -0.575. The maximum Gasteiger partial charge on any atom is 0.326 e. The first kappa shape index (κ1) is 21.4. The van der Waals surface area contributed by atoms with Crippen LogP contribution in [-0.2, 0) is 23.9 Å². The maximum atomic E-state index is 12.3. The highest BCUT2D eigenvalue weighted by Crippen LogP contribution is 2.34. The molecule has 0 bridgehead atoms. The monoisotopic (exact) mass is 416 g/mol. The number of para-hydroxylation sites is 2. The molecule has 1 N–H and O–H groups in total. The number of benzene rings is 1. The summed E-state index contributed by atoms with van der Waals surface area (Å²) in [5, 5.41) is 2.56. The number of esters is 1. The number of nitrogens with zero attached hydrogens (tertiary/aromatic N) is 1. The maximum absolute atomic E-state index is 12.3. The zero-order valence-electron chi connectivity index (χ0n) is 16.7. The van der Waals surface area contributed by atoms with Crippen molar-refractivity contribution in [3.05, 3.63) is 36.4 Å². The van der Waals surface area contributed by atoms with Gasteiger partial charge in [0, 0.05) is 0 Å². The van der Waals surface area contributed by atoms with Crippen LogP contribution in [0.4, 0.5) is 0 Å². The molecule has 0 saturated carbocycles. The molecule has 9 heteroatoms. The second kappa shape index (κ2) is 9.91. The van der Waals surface area contributed by atoms with Gasteiger partial charge in [0.2, 0.25) is 11.8 Å². The van der Waals surface area contributed by atoms with Gasteiger partial charge in [-0.3, -0.25) is 24.1 Å². The van der Waals surface area contributed by atoms with Crippen LogP contribution in [0.15, 0.2) is 36.4 Å². The molecule has 1 aromatic carbocycles. The van der Waals surface area contributed by atoms with Crippen LogP contribution in [0.1, 0.15) is 12.8 Å². The Hall–Kier alpha value is -3.36. The van der Waals surface area contributed by atoms with E-state index in [-0.39, 0.29) is 25.0 Å². The van der Waals surface area contributed by atoms with Gasteiger partial charge in [0.1, 0.15) is 13.2 Å². The first-order valence-electron chi connectivity index (χ1n) is 9.69. The second-order valence-corrected chi connectivity index (χ2v) is 6.93. The molecule has 3 amide bonds. The zero-order chi connectivity index (χ0) is 21.5. The van der Waals surface area contributed by atoms with Crippen molar-refractivity contribution >= 4 is 23.7 Å². The van der Waals surface area contributed by atoms with Crippen molar-refractivity contribution < 1.29 is 33.4 Å². The van der Waals surface area contributed by atoms with E-state index in [1.807, 2.05) is 18.2 Å². The van der Waals surface area contributed by atoms with Crippen LogP contribution in [0.5, 0.6) is 11.5 Å². The summed E-state index contributed by atoms with van der Waals surface area (Å²) in [5.41, 5.74) is 0. The average molecular weight is 416 g/mol. The number of fused-ring (bicyclic) bond motifs is 1. The van der Waals surface area contributed by atoms with E-state index in [1.54, 1.807) is 18.2 Å².